The number of rotatable bonds is 4. The number of benzene rings is 1. The van der Waals surface area contributed by atoms with Gasteiger partial charge < -0.3 is 18.9 Å². The smallest absolute Gasteiger partial charge is 0.270 e. The van der Waals surface area contributed by atoms with Gasteiger partial charge in [0.15, 0.2) is 11.5 Å². The third-order valence-electron chi connectivity index (χ3n) is 3.76. The third kappa shape index (κ3) is 2.66. The van der Waals surface area contributed by atoms with Crippen LogP contribution in [-0.2, 0) is 6.54 Å². The summed E-state index contributed by atoms with van der Waals surface area (Å²) in [7, 11) is 1.81. The summed E-state index contributed by atoms with van der Waals surface area (Å²) in [6.45, 7) is 4.91. The largest absolute Gasteiger partial charge is 0.454 e. The summed E-state index contributed by atoms with van der Waals surface area (Å²) in [6.07, 6.45) is 1.94. The van der Waals surface area contributed by atoms with Crippen molar-refractivity contribution in [3.63, 3.8) is 0 Å². The van der Waals surface area contributed by atoms with Gasteiger partial charge in [-0.15, -0.1) is 0 Å². The molecule has 1 aliphatic heterocycles. The second-order valence-corrected chi connectivity index (χ2v) is 5.74. The topological polar surface area (TPSA) is 43.7 Å². The molecule has 3 rings (SSSR count). The van der Waals surface area contributed by atoms with Crippen molar-refractivity contribution in [3.8, 4) is 11.5 Å². The zero-order chi connectivity index (χ0) is 15.7. The Morgan fingerprint density at radius 3 is 2.82 bits per heavy atom. The van der Waals surface area contributed by atoms with Gasteiger partial charge in [-0.3, -0.25) is 4.79 Å². The van der Waals surface area contributed by atoms with Crippen molar-refractivity contribution in [1.29, 1.82) is 0 Å². The van der Waals surface area contributed by atoms with E-state index in [9.17, 15) is 4.79 Å². The van der Waals surface area contributed by atoms with E-state index in [1.54, 1.807) is 4.90 Å². The number of carbonyl (C=O) groups is 1. The molecular weight excluding hydrogens is 280 g/mol. The maximum atomic E-state index is 12.6. The first-order valence-electron chi connectivity index (χ1n) is 7.37. The van der Waals surface area contributed by atoms with Crippen molar-refractivity contribution >= 4 is 5.91 Å². The van der Waals surface area contributed by atoms with Crippen molar-refractivity contribution in [2.45, 2.75) is 26.4 Å². The van der Waals surface area contributed by atoms with Crippen molar-refractivity contribution < 1.29 is 14.3 Å². The van der Waals surface area contributed by atoms with Gasteiger partial charge in [-0.25, -0.2) is 0 Å². The number of fused-ring (bicyclic) bond motifs is 1. The fraction of sp³-hybridized carbons (Fsp3) is 0.353. The molecule has 2 heterocycles. The molecule has 0 atom stereocenters. The molecule has 0 saturated carbocycles. The molecule has 5 heteroatoms. The van der Waals surface area contributed by atoms with Crippen molar-refractivity contribution in [3.05, 3.63) is 47.8 Å². The minimum absolute atomic E-state index is 0.0105. The number of nitrogens with zero attached hydrogens (tertiary/aromatic N) is 2. The lowest BCUT2D eigenvalue weighted by atomic mass is 10.2. The van der Waals surface area contributed by atoms with E-state index in [0.717, 1.165) is 17.1 Å². The van der Waals surface area contributed by atoms with Gasteiger partial charge in [-0.2, -0.15) is 0 Å². The minimum Gasteiger partial charge on any atom is -0.454 e. The molecule has 0 radical (unpaired) electrons. The number of hydrogen-bond donors (Lipinski definition) is 0. The Labute approximate surface area is 130 Å². The zero-order valence-electron chi connectivity index (χ0n) is 13.1. The van der Waals surface area contributed by atoms with Crippen LogP contribution < -0.4 is 9.47 Å². The number of ether oxygens (including phenoxy) is 2. The Morgan fingerprint density at radius 1 is 1.27 bits per heavy atom. The van der Waals surface area contributed by atoms with Gasteiger partial charge in [0.2, 0.25) is 6.79 Å². The third-order valence-corrected chi connectivity index (χ3v) is 3.76. The van der Waals surface area contributed by atoms with Crippen molar-refractivity contribution in [2.75, 3.05) is 13.8 Å². The van der Waals surface area contributed by atoms with Crippen LogP contribution >= 0.6 is 0 Å². The van der Waals surface area contributed by atoms with E-state index in [-0.39, 0.29) is 18.7 Å². The lowest BCUT2D eigenvalue weighted by molar-refractivity contribution is 0.0772. The van der Waals surface area contributed by atoms with Crippen LogP contribution in [0, 0.1) is 0 Å². The number of carbonyl (C=O) groups excluding carboxylic acids is 1. The second-order valence-electron chi connectivity index (χ2n) is 5.74. The first kappa shape index (κ1) is 14.5. The van der Waals surface area contributed by atoms with E-state index in [1.807, 2.05) is 48.1 Å². The minimum atomic E-state index is 0.0105. The lowest BCUT2D eigenvalue weighted by Crippen LogP contribution is -2.28. The highest BCUT2D eigenvalue weighted by atomic mass is 16.7. The number of amides is 1. The van der Waals surface area contributed by atoms with Gasteiger partial charge >= 0.3 is 0 Å². The highest BCUT2D eigenvalue weighted by Gasteiger charge is 2.19. The Hall–Kier alpha value is -2.43. The summed E-state index contributed by atoms with van der Waals surface area (Å²) in [5.74, 6) is 1.51. The lowest BCUT2D eigenvalue weighted by Gasteiger charge is -2.20. The van der Waals surface area contributed by atoms with Crippen LogP contribution in [0.15, 0.2) is 36.5 Å². The van der Waals surface area contributed by atoms with Crippen LogP contribution in [-0.4, -0.2) is 29.2 Å². The molecule has 5 nitrogen and oxygen atoms in total. The summed E-state index contributed by atoms with van der Waals surface area (Å²) >= 11 is 0. The van der Waals surface area contributed by atoms with Gasteiger partial charge in [-0.1, -0.05) is 6.07 Å². The molecule has 0 N–H and O–H groups in total. The fourth-order valence-corrected chi connectivity index (χ4v) is 2.61. The molecule has 0 bridgehead atoms. The summed E-state index contributed by atoms with van der Waals surface area (Å²) in [5.41, 5.74) is 1.72. The monoisotopic (exact) mass is 300 g/mol. The quantitative estimate of drug-likeness (QED) is 0.871. The molecule has 1 aromatic carbocycles. The van der Waals surface area contributed by atoms with E-state index in [4.69, 9.17) is 9.47 Å². The zero-order valence-corrected chi connectivity index (χ0v) is 13.1. The molecule has 0 spiro atoms. The predicted octanol–water partition coefficient (Wildman–Crippen LogP) is 3.07. The Kier molecular flexibility index (Phi) is 3.79. The molecule has 1 aliphatic rings. The maximum absolute atomic E-state index is 12.6. The Balaban J connectivity index is 1.75. The molecule has 2 aromatic rings. The summed E-state index contributed by atoms with van der Waals surface area (Å²) in [6, 6.07) is 9.78. The number of aromatic nitrogens is 1. The highest BCUT2D eigenvalue weighted by Crippen LogP contribution is 2.32. The molecular formula is C17H20N2O3. The van der Waals surface area contributed by atoms with Crippen LogP contribution in [0.1, 0.15) is 35.9 Å². The molecule has 0 aliphatic carbocycles. The SMILES string of the molecule is CC(C)n1cccc1C(=O)N(C)Cc1ccc2c(c1)OCO2. The maximum Gasteiger partial charge on any atom is 0.270 e. The molecule has 1 amide bonds. The van der Waals surface area contributed by atoms with Crippen molar-refractivity contribution in [2.24, 2.45) is 0 Å². The average Bonchev–Trinajstić information content (AvgIpc) is 3.14. The highest BCUT2D eigenvalue weighted by molar-refractivity contribution is 5.92. The molecule has 0 unspecified atom stereocenters. The van der Waals surface area contributed by atoms with E-state index in [0.29, 0.717) is 12.2 Å². The summed E-state index contributed by atoms with van der Waals surface area (Å²) in [5, 5.41) is 0. The van der Waals surface area contributed by atoms with Gasteiger partial charge in [0, 0.05) is 25.8 Å². The van der Waals surface area contributed by atoms with Crippen LogP contribution in [0.2, 0.25) is 0 Å². The van der Waals surface area contributed by atoms with Crippen LogP contribution in [0.5, 0.6) is 11.5 Å². The summed E-state index contributed by atoms with van der Waals surface area (Å²) < 4.78 is 12.7. The first-order chi connectivity index (χ1) is 10.6. The predicted molar refractivity (Wildman–Crippen MR) is 83.2 cm³/mol. The molecule has 116 valence electrons. The summed E-state index contributed by atoms with van der Waals surface area (Å²) in [4.78, 5) is 14.3. The van der Waals surface area contributed by atoms with Crippen LogP contribution in [0.25, 0.3) is 0 Å². The van der Waals surface area contributed by atoms with E-state index >= 15 is 0 Å². The number of hydrogen-bond acceptors (Lipinski definition) is 3. The van der Waals surface area contributed by atoms with E-state index in [1.165, 1.54) is 0 Å². The standard InChI is InChI=1S/C17H20N2O3/c1-12(2)19-8-4-5-14(19)17(20)18(3)10-13-6-7-15-16(9-13)22-11-21-15/h4-9,12H,10-11H2,1-3H3. The van der Waals surface area contributed by atoms with Crippen LogP contribution in [0.4, 0.5) is 0 Å². The van der Waals surface area contributed by atoms with Gasteiger partial charge in [0.25, 0.3) is 5.91 Å². The van der Waals surface area contributed by atoms with Crippen LogP contribution in [0.3, 0.4) is 0 Å². The van der Waals surface area contributed by atoms with Gasteiger partial charge in [-0.05, 0) is 43.7 Å². The second kappa shape index (κ2) is 5.75. The molecule has 0 fully saturated rings. The Morgan fingerprint density at radius 2 is 2.05 bits per heavy atom. The van der Waals surface area contributed by atoms with Crippen molar-refractivity contribution in [1.82, 2.24) is 9.47 Å². The Bertz CT molecular complexity index is 691. The first-order valence-corrected chi connectivity index (χ1v) is 7.37. The normalized spacial score (nSPS) is 12.7. The van der Waals surface area contributed by atoms with Gasteiger partial charge in [0.1, 0.15) is 5.69 Å². The molecule has 0 saturated heterocycles. The van der Waals surface area contributed by atoms with E-state index in [2.05, 4.69) is 13.8 Å². The fourth-order valence-electron chi connectivity index (χ4n) is 2.61. The van der Waals surface area contributed by atoms with Gasteiger partial charge in [0.05, 0.1) is 0 Å². The van der Waals surface area contributed by atoms with E-state index < -0.39 is 0 Å². The molecule has 1 aromatic heterocycles. The molecule has 22 heavy (non-hydrogen) atoms. The average molecular weight is 300 g/mol.